The third-order valence-corrected chi connectivity index (χ3v) is 3.50. The normalized spacial score (nSPS) is 10.2. The van der Waals surface area contributed by atoms with Crippen molar-refractivity contribution in [2.75, 3.05) is 11.9 Å². The summed E-state index contributed by atoms with van der Waals surface area (Å²) in [7, 11) is 0. The molecule has 0 spiro atoms. The number of esters is 1. The first kappa shape index (κ1) is 19.0. The van der Waals surface area contributed by atoms with Crippen LogP contribution in [0.5, 0.6) is 11.5 Å². The van der Waals surface area contributed by atoms with E-state index in [1.807, 2.05) is 6.92 Å². The van der Waals surface area contributed by atoms with Gasteiger partial charge in [0.25, 0.3) is 0 Å². The number of phenolic OH excluding ortho intramolecular Hbond substituents is 2. The molecule has 2 aromatic carbocycles. The lowest BCUT2D eigenvalue weighted by Gasteiger charge is -2.07. The minimum absolute atomic E-state index is 0.103. The van der Waals surface area contributed by atoms with Crippen molar-refractivity contribution in [2.45, 2.75) is 19.8 Å². The van der Waals surface area contributed by atoms with Crippen LogP contribution in [0.4, 0.5) is 5.69 Å². The summed E-state index contributed by atoms with van der Waals surface area (Å²) in [6, 6.07) is 9.66. The molecule has 0 unspecified atom stereocenters. The van der Waals surface area contributed by atoms with Gasteiger partial charge in [0, 0.05) is 23.7 Å². The summed E-state index contributed by atoms with van der Waals surface area (Å²) >= 11 is 0. The highest BCUT2D eigenvalue weighted by Crippen LogP contribution is 2.23. The molecule has 3 N–H and O–H groups in total. The molecule has 2 rings (SSSR count). The number of phenols is 2. The first-order valence-electron chi connectivity index (χ1n) is 8.03. The summed E-state index contributed by atoms with van der Waals surface area (Å²) in [5, 5.41) is 21.5. The van der Waals surface area contributed by atoms with Crippen LogP contribution in [-0.4, -0.2) is 34.5 Å². The van der Waals surface area contributed by atoms with Crippen LogP contribution in [0, 0.1) is 0 Å². The molecule has 0 aliphatic heterocycles. The Balaban J connectivity index is 1.93. The Bertz CT molecular complexity index is 813. The zero-order valence-electron chi connectivity index (χ0n) is 14.2. The summed E-state index contributed by atoms with van der Waals surface area (Å²) in [6.07, 6.45) is 1.16. The number of amides is 1. The Morgan fingerprint density at radius 2 is 1.73 bits per heavy atom. The standard InChI is InChI=1S/C19H19NO6/c1-2-3-18(24)20-13-6-4-12(5-7-13)17(23)11-26-19(25)15-9-8-14(21)10-16(15)22/h4-10,21-22H,2-3,11H2,1H3,(H,20,24). The molecule has 1 amide bonds. The number of ether oxygens (including phenoxy) is 1. The number of Topliss-reactive ketones (excluding diaryl/α,β-unsaturated/α-hetero) is 1. The van der Waals surface area contributed by atoms with Gasteiger partial charge in [-0.05, 0) is 42.8 Å². The number of aromatic hydroxyl groups is 2. The summed E-state index contributed by atoms with van der Waals surface area (Å²) < 4.78 is 4.89. The third-order valence-electron chi connectivity index (χ3n) is 3.50. The number of carbonyl (C=O) groups is 3. The maximum Gasteiger partial charge on any atom is 0.342 e. The monoisotopic (exact) mass is 357 g/mol. The first-order valence-corrected chi connectivity index (χ1v) is 8.03. The molecule has 136 valence electrons. The van der Waals surface area contributed by atoms with Gasteiger partial charge in [-0.3, -0.25) is 9.59 Å². The topological polar surface area (TPSA) is 113 Å². The summed E-state index contributed by atoms with van der Waals surface area (Å²) in [5.74, 6) is -2.03. The maximum absolute atomic E-state index is 12.1. The van der Waals surface area contributed by atoms with Crippen LogP contribution in [-0.2, 0) is 9.53 Å². The minimum atomic E-state index is -0.876. The molecule has 0 saturated heterocycles. The predicted molar refractivity (Wildman–Crippen MR) is 94.4 cm³/mol. The van der Waals surface area contributed by atoms with Crippen LogP contribution in [0.1, 0.15) is 40.5 Å². The number of hydrogen-bond donors (Lipinski definition) is 3. The number of carbonyl (C=O) groups excluding carboxylic acids is 3. The maximum atomic E-state index is 12.1. The largest absolute Gasteiger partial charge is 0.508 e. The Hall–Kier alpha value is -3.35. The van der Waals surface area contributed by atoms with Crippen LogP contribution in [0.25, 0.3) is 0 Å². The first-order chi connectivity index (χ1) is 12.4. The van der Waals surface area contributed by atoms with E-state index in [1.165, 1.54) is 24.3 Å². The van der Waals surface area contributed by atoms with E-state index in [-0.39, 0.29) is 17.2 Å². The van der Waals surface area contributed by atoms with Gasteiger partial charge < -0.3 is 20.3 Å². The Kier molecular flexibility index (Phi) is 6.32. The summed E-state index contributed by atoms with van der Waals surface area (Å²) in [6.45, 7) is 1.40. The van der Waals surface area contributed by atoms with Gasteiger partial charge in [0.05, 0.1) is 0 Å². The molecular formula is C19H19NO6. The second-order valence-electron chi connectivity index (χ2n) is 5.58. The fourth-order valence-electron chi connectivity index (χ4n) is 2.17. The van der Waals surface area contributed by atoms with Crippen molar-refractivity contribution in [2.24, 2.45) is 0 Å². The Labute approximate surface area is 150 Å². The average molecular weight is 357 g/mol. The molecule has 26 heavy (non-hydrogen) atoms. The van der Waals surface area contributed by atoms with E-state index in [9.17, 15) is 24.6 Å². The van der Waals surface area contributed by atoms with Crippen LogP contribution in [0.3, 0.4) is 0 Å². The smallest absolute Gasteiger partial charge is 0.342 e. The van der Waals surface area contributed by atoms with Crippen LogP contribution in [0.15, 0.2) is 42.5 Å². The zero-order valence-corrected chi connectivity index (χ0v) is 14.2. The van der Waals surface area contributed by atoms with Crippen LogP contribution < -0.4 is 5.32 Å². The van der Waals surface area contributed by atoms with Crippen molar-refractivity contribution < 1.29 is 29.3 Å². The molecule has 7 nitrogen and oxygen atoms in total. The fourth-order valence-corrected chi connectivity index (χ4v) is 2.17. The number of hydrogen-bond acceptors (Lipinski definition) is 6. The van der Waals surface area contributed by atoms with Crippen molar-refractivity contribution in [3.8, 4) is 11.5 Å². The molecule has 0 atom stereocenters. The van der Waals surface area contributed by atoms with E-state index >= 15 is 0 Å². The summed E-state index contributed by atoms with van der Waals surface area (Å²) in [5.41, 5.74) is 0.747. The zero-order chi connectivity index (χ0) is 19.1. The van der Waals surface area contributed by atoms with Crippen molar-refractivity contribution in [3.05, 3.63) is 53.6 Å². The predicted octanol–water partition coefficient (Wildman–Crippen LogP) is 2.88. The van der Waals surface area contributed by atoms with Gasteiger partial charge in [-0.15, -0.1) is 0 Å². The number of rotatable bonds is 7. The van der Waals surface area contributed by atoms with E-state index in [0.717, 1.165) is 12.5 Å². The molecule has 0 radical (unpaired) electrons. The number of ketones is 1. The lowest BCUT2D eigenvalue weighted by Crippen LogP contribution is -2.15. The number of anilines is 1. The highest BCUT2D eigenvalue weighted by molar-refractivity contribution is 6.00. The highest BCUT2D eigenvalue weighted by atomic mass is 16.5. The molecule has 0 aliphatic rings. The number of benzene rings is 2. The van der Waals surface area contributed by atoms with Crippen LogP contribution in [0.2, 0.25) is 0 Å². The molecule has 0 saturated carbocycles. The van der Waals surface area contributed by atoms with E-state index < -0.39 is 24.1 Å². The SMILES string of the molecule is CCCC(=O)Nc1ccc(C(=O)COC(=O)c2ccc(O)cc2O)cc1. The quantitative estimate of drug-likeness (QED) is 0.519. The molecule has 0 heterocycles. The average Bonchev–Trinajstić information content (AvgIpc) is 2.60. The third kappa shape index (κ3) is 5.07. The van der Waals surface area contributed by atoms with Gasteiger partial charge >= 0.3 is 5.97 Å². The lowest BCUT2D eigenvalue weighted by atomic mass is 10.1. The van der Waals surface area contributed by atoms with Crippen molar-refractivity contribution >= 4 is 23.3 Å². The van der Waals surface area contributed by atoms with Gasteiger partial charge in [-0.2, -0.15) is 0 Å². The van der Waals surface area contributed by atoms with Crippen molar-refractivity contribution in [3.63, 3.8) is 0 Å². The molecule has 2 aromatic rings. The number of nitrogens with one attached hydrogen (secondary N) is 1. The highest BCUT2D eigenvalue weighted by Gasteiger charge is 2.15. The molecule has 0 fully saturated rings. The van der Waals surface area contributed by atoms with Gasteiger partial charge in [-0.25, -0.2) is 4.79 Å². The van der Waals surface area contributed by atoms with Gasteiger partial charge in [-0.1, -0.05) is 6.92 Å². The van der Waals surface area contributed by atoms with Gasteiger partial charge in [0.2, 0.25) is 5.91 Å². The fraction of sp³-hybridized carbons (Fsp3) is 0.211. The molecular weight excluding hydrogens is 338 g/mol. The molecule has 7 heteroatoms. The molecule has 0 aromatic heterocycles. The molecule has 0 bridgehead atoms. The van der Waals surface area contributed by atoms with E-state index in [1.54, 1.807) is 12.1 Å². The summed E-state index contributed by atoms with van der Waals surface area (Å²) in [4.78, 5) is 35.5. The Morgan fingerprint density at radius 3 is 2.35 bits per heavy atom. The lowest BCUT2D eigenvalue weighted by molar-refractivity contribution is -0.116. The molecule has 0 aliphatic carbocycles. The van der Waals surface area contributed by atoms with Crippen molar-refractivity contribution in [1.82, 2.24) is 0 Å². The van der Waals surface area contributed by atoms with Gasteiger partial charge in [0.15, 0.2) is 12.4 Å². The second-order valence-corrected chi connectivity index (χ2v) is 5.58. The van der Waals surface area contributed by atoms with E-state index in [2.05, 4.69) is 5.32 Å². The van der Waals surface area contributed by atoms with Gasteiger partial charge in [0.1, 0.15) is 17.1 Å². The van der Waals surface area contributed by atoms with Crippen LogP contribution >= 0.6 is 0 Å². The Morgan fingerprint density at radius 1 is 1.04 bits per heavy atom. The minimum Gasteiger partial charge on any atom is -0.508 e. The second kappa shape index (κ2) is 8.66. The van der Waals surface area contributed by atoms with E-state index in [0.29, 0.717) is 17.7 Å². The van der Waals surface area contributed by atoms with Crippen molar-refractivity contribution in [1.29, 1.82) is 0 Å². The van der Waals surface area contributed by atoms with E-state index in [4.69, 9.17) is 4.74 Å².